The molecular formula is C21H20N6O2. The molecule has 4 aromatic rings. The molecule has 0 fully saturated rings. The van der Waals surface area contributed by atoms with Crippen molar-refractivity contribution >= 4 is 5.91 Å². The van der Waals surface area contributed by atoms with Gasteiger partial charge >= 0.3 is 0 Å². The number of rotatable bonds is 5. The fourth-order valence-electron chi connectivity index (χ4n) is 3.07. The first-order valence-corrected chi connectivity index (χ1v) is 9.14. The number of hydrogen-bond acceptors (Lipinski definition) is 6. The molecule has 4 rings (SSSR count). The molecule has 0 aliphatic rings. The predicted molar refractivity (Wildman–Crippen MR) is 106 cm³/mol. The second-order valence-electron chi connectivity index (χ2n) is 6.75. The summed E-state index contributed by atoms with van der Waals surface area (Å²) in [5.74, 6) is 1.44. The molecule has 146 valence electrons. The summed E-state index contributed by atoms with van der Waals surface area (Å²) >= 11 is 0. The van der Waals surface area contributed by atoms with Crippen molar-refractivity contribution in [1.82, 2.24) is 29.8 Å². The maximum absolute atomic E-state index is 12.9. The van der Waals surface area contributed by atoms with E-state index in [1.165, 1.54) is 0 Å². The van der Waals surface area contributed by atoms with Crippen molar-refractivity contribution in [3.8, 4) is 17.3 Å². The van der Waals surface area contributed by atoms with E-state index in [2.05, 4.69) is 20.2 Å². The van der Waals surface area contributed by atoms with Gasteiger partial charge in [0.25, 0.3) is 11.8 Å². The third kappa shape index (κ3) is 3.77. The van der Waals surface area contributed by atoms with E-state index in [9.17, 15) is 4.79 Å². The highest BCUT2D eigenvalue weighted by molar-refractivity contribution is 5.95. The number of carbonyl (C=O) groups excluding carboxylic acids is 1. The molecule has 0 saturated carbocycles. The summed E-state index contributed by atoms with van der Waals surface area (Å²) in [5, 5.41) is 8.19. The molecule has 8 heteroatoms. The Bertz CT molecular complexity index is 1150. The van der Waals surface area contributed by atoms with Gasteiger partial charge in [-0.05, 0) is 31.5 Å². The van der Waals surface area contributed by atoms with E-state index in [4.69, 9.17) is 4.52 Å². The van der Waals surface area contributed by atoms with Gasteiger partial charge in [-0.3, -0.25) is 4.79 Å². The van der Waals surface area contributed by atoms with E-state index in [0.717, 1.165) is 11.1 Å². The Morgan fingerprint density at radius 2 is 1.97 bits per heavy atom. The van der Waals surface area contributed by atoms with Crippen LogP contribution in [-0.4, -0.2) is 42.8 Å². The molecule has 0 radical (unpaired) electrons. The zero-order valence-electron chi connectivity index (χ0n) is 16.4. The van der Waals surface area contributed by atoms with Crippen molar-refractivity contribution in [1.29, 1.82) is 0 Å². The van der Waals surface area contributed by atoms with Crippen LogP contribution in [0.3, 0.4) is 0 Å². The lowest BCUT2D eigenvalue weighted by Crippen LogP contribution is -2.26. The number of hydrogen-bond donors (Lipinski definition) is 0. The molecule has 0 unspecified atom stereocenters. The van der Waals surface area contributed by atoms with Crippen molar-refractivity contribution in [2.24, 2.45) is 0 Å². The van der Waals surface area contributed by atoms with Gasteiger partial charge in [-0.1, -0.05) is 35.5 Å². The van der Waals surface area contributed by atoms with Crippen LogP contribution in [0.15, 0.2) is 59.4 Å². The lowest BCUT2D eigenvalue weighted by atomic mass is 10.2. The minimum Gasteiger partial charge on any atom is -0.337 e. The summed E-state index contributed by atoms with van der Waals surface area (Å²) < 4.78 is 6.86. The van der Waals surface area contributed by atoms with E-state index in [-0.39, 0.29) is 5.91 Å². The van der Waals surface area contributed by atoms with Crippen molar-refractivity contribution < 1.29 is 9.32 Å². The molecule has 0 saturated heterocycles. The summed E-state index contributed by atoms with van der Waals surface area (Å²) in [6.07, 6.45) is 3.22. The predicted octanol–water partition coefficient (Wildman–Crippen LogP) is 3.21. The van der Waals surface area contributed by atoms with Gasteiger partial charge in [0.1, 0.15) is 0 Å². The first-order valence-electron chi connectivity index (χ1n) is 9.14. The van der Waals surface area contributed by atoms with Gasteiger partial charge in [0.2, 0.25) is 0 Å². The number of nitrogens with zero attached hydrogens (tertiary/aromatic N) is 6. The number of pyridine rings is 1. The second kappa shape index (κ2) is 7.67. The highest BCUT2D eigenvalue weighted by Crippen LogP contribution is 2.21. The van der Waals surface area contributed by atoms with Crippen LogP contribution in [0.5, 0.6) is 0 Å². The lowest BCUT2D eigenvalue weighted by Gasteiger charge is -2.17. The Hall–Kier alpha value is -3.81. The number of carbonyl (C=O) groups is 1. The van der Waals surface area contributed by atoms with Crippen LogP contribution >= 0.6 is 0 Å². The molecule has 3 aromatic heterocycles. The van der Waals surface area contributed by atoms with Crippen LogP contribution in [0.4, 0.5) is 0 Å². The van der Waals surface area contributed by atoms with Crippen LogP contribution in [-0.2, 0) is 6.54 Å². The van der Waals surface area contributed by atoms with E-state index >= 15 is 0 Å². The van der Waals surface area contributed by atoms with Crippen LogP contribution in [0.1, 0.15) is 27.4 Å². The molecule has 8 nitrogen and oxygen atoms in total. The minimum atomic E-state index is -0.0960. The number of amides is 1. The molecule has 0 aliphatic heterocycles. The molecule has 1 aromatic carbocycles. The van der Waals surface area contributed by atoms with E-state index < -0.39 is 0 Å². The van der Waals surface area contributed by atoms with Gasteiger partial charge in [-0.2, -0.15) is 10.1 Å². The SMILES string of the molecule is Cc1noc(-c2ccnc(-n3ncc(C(=O)N(C)Cc4ccccc4)c3C)c2)n1. The number of aromatic nitrogens is 5. The van der Waals surface area contributed by atoms with Gasteiger partial charge in [0, 0.05) is 25.4 Å². The molecule has 1 amide bonds. The molecule has 3 heterocycles. The average Bonchev–Trinajstić information content (AvgIpc) is 3.34. The highest BCUT2D eigenvalue weighted by atomic mass is 16.5. The maximum Gasteiger partial charge on any atom is 0.258 e. The summed E-state index contributed by atoms with van der Waals surface area (Å²) in [7, 11) is 1.78. The zero-order valence-corrected chi connectivity index (χ0v) is 16.4. The smallest absolute Gasteiger partial charge is 0.258 e. The minimum absolute atomic E-state index is 0.0960. The quantitative estimate of drug-likeness (QED) is 0.521. The molecule has 0 atom stereocenters. The van der Waals surface area contributed by atoms with Crippen molar-refractivity contribution in [2.45, 2.75) is 20.4 Å². The van der Waals surface area contributed by atoms with Crippen molar-refractivity contribution in [3.63, 3.8) is 0 Å². The first kappa shape index (κ1) is 18.5. The Labute approximate surface area is 167 Å². The Morgan fingerprint density at radius 3 is 2.69 bits per heavy atom. The zero-order chi connectivity index (χ0) is 20.4. The van der Waals surface area contributed by atoms with Gasteiger partial charge in [-0.25, -0.2) is 9.67 Å². The van der Waals surface area contributed by atoms with Crippen molar-refractivity contribution in [3.05, 3.63) is 77.5 Å². The van der Waals surface area contributed by atoms with E-state index in [0.29, 0.717) is 35.3 Å². The molecular weight excluding hydrogens is 368 g/mol. The second-order valence-corrected chi connectivity index (χ2v) is 6.75. The third-order valence-corrected chi connectivity index (χ3v) is 4.59. The van der Waals surface area contributed by atoms with Crippen LogP contribution in [0, 0.1) is 13.8 Å². The Morgan fingerprint density at radius 1 is 1.17 bits per heavy atom. The average molecular weight is 388 g/mol. The maximum atomic E-state index is 12.9. The van der Waals surface area contributed by atoms with Gasteiger partial charge < -0.3 is 9.42 Å². The summed E-state index contributed by atoms with van der Waals surface area (Å²) in [6, 6.07) is 13.4. The van der Waals surface area contributed by atoms with Gasteiger partial charge in [0.05, 0.1) is 17.5 Å². The first-order chi connectivity index (χ1) is 14.0. The Balaban J connectivity index is 1.59. The topological polar surface area (TPSA) is 89.9 Å². The van der Waals surface area contributed by atoms with Gasteiger partial charge in [-0.15, -0.1) is 0 Å². The van der Waals surface area contributed by atoms with E-state index in [1.54, 1.807) is 48.1 Å². The molecule has 0 spiro atoms. The van der Waals surface area contributed by atoms with E-state index in [1.807, 2.05) is 37.3 Å². The highest BCUT2D eigenvalue weighted by Gasteiger charge is 2.20. The Kier molecular flexibility index (Phi) is 4.90. The standard InChI is InChI=1S/C21H20N6O2/c1-14-18(21(28)26(3)13-16-7-5-4-6-8-16)12-23-27(14)19-11-17(9-10-22-19)20-24-15(2)25-29-20/h4-12H,13H2,1-3H3. The van der Waals surface area contributed by atoms with Crippen LogP contribution in [0.2, 0.25) is 0 Å². The third-order valence-electron chi connectivity index (χ3n) is 4.59. The molecule has 0 N–H and O–H groups in total. The number of aryl methyl sites for hydroxylation is 1. The fourth-order valence-corrected chi connectivity index (χ4v) is 3.07. The van der Waals surface area contributed by atoms with Crippen LogP contribution in [0.25, 0.3) is 17.3 Å². The summed E-state index contributed by atoms with van der Waals surface area (Å²) in [6.45, 7) is 4.13. The lowest BCUT2D eigenvalue weighted by molar-refractivity contribution is 0.0784. The van der Waals surface area contributed by atoms with Crippen molar-refractivity contribution in [2.75, 3.05) is 7.05 Å². The molecule has 0 aliphatic carbocycles. The monoisotopic (exact) mass is 388 g/mol. The largest absolute Gasteiger partial charge is 0.337 e. The van der Waals surface area contributed by atoms with Gasteiger partial charge in [0.15, 0.2) is 11.6 Å². The summed E-state index contributed by atoms with van der Waals surface area (Å²) in [5.41, 5.74) is 3.04. The normalized spacial score (nSPS) is 10.9. The summed E-state index contributed by atoms with van der Waals surface area (Å²) in [4.78, 5) is 23.2. The number of benzene rings is 1. The molecule has 0 bridgehead atoms. The van der Waals surface area contributed by atoms with Crippen LogP contribution < -0.4 is 0 Å². The molecule has 29 heavy (non-hydrogen) atoms. The fraction of sp³-hybridized carbons (Fsp3) is 0.190.